The molecule has 0 saturated carbocycles. The van der Waals surface area contributed by atoms with Gasteiger partial charge in [0.25, 0.3) is 0 Å². The van der Waals surface area contributed by atoms with Crippen LogP contribution in [0.15, 0.2) is 71.9 Å². The van der Waals surface area contributed by atoms with Gasteiger partial charge in [-0.25, -0.2) is 4.98 Å². The van der Waals surface area contributed by atoms with Gasteiger partial charge in [0, 0.05) is 28.7 Å². The van der Waals surface area contributed by atoms with Crippen molar-refractivity contribution in [1.29, 1.82) is 0 Å². The van der Waals surface area contributed by atoms with E-state index in [1.165, 1.54) is 5.56 Å². The summed E-state index contributed by atoms with van der Waals surface area (Å²) >= 11 is 9.28. The first-order chi connectivity index (χ1) is 15.6. The van der Waals surface area contributed by atoms with E-state index in [1.54, 1.807) is 35.5 Å². The van der Waals surface area contributed by atoms with Gasteiger partial charge in [-0.3, -0.25) is 14.7 Å². The molecule has 2 aromatic carbocycles. The second-order valence-corrected chi connectivity index (χ2v) is 9.97. The van der Waals surface area contributed by atoms with Crippen LogP contribution in [-0.2, 0) is 17.8 Å². The molecule has 2 heterocycles. The van der Waals surface area contributed by atoms with Gasteiger partial charge in [0.05, 0.1) is 16.8 Å². The molecular formula is C25H24ClN3OS2. The number of thiazole rings is 1. The molecule has 0 bridgehead atoms. The van der Waals surface area contributed by atoms with E-state index in [0.717, 1.165) is 49.4 Å². The van der Waals surface area contributed by atoms with Crippen molar-refractivity contribution in [2.24, 2.45) is 0 Å². The van der Waals surface area contributed by atoms with Crippen molar-refractivity contribution >= 4 is 56.0 Å². The Kier molecular flexibility index (Phi) is 7.79. The maximum absolute atomic E-state index is 13.3. The van der Waals surface area contributed by atoms with Crippen molar-refractivity contribution in [2.75, 3.05) is 10.7 Å². The summed E-state index contributed by atoms with van der Waals surface area (Å²) in [7, 11) is 0. The fourth-order valence-electron chi connectivity index (χ4n) is 3.41. The first-order valence-corrected chi connectivity index (χ1v) is 12.8. The molecule has 0 radical (unpaired) electrons. The summed E-state index contributed by atoms with van der Waals surface area (Å²) < 4.78 is 1.12. The monoisotopic (exact) mass is 481 g/mol. The van der Waals surface area contributed by atoms with Crippen LogP contribution in [0.4, 0.5) is 5.13 Å². The van der Waals surface area contributed by atoms with Gasteiger partial charge in [-0.1, -0.05) is 42.0 Å². The van der Waals surface area contributed by atoms with E-state index in [2.05, 4.69) is 30.1 Å². The SMILES string of the molecule is CCc1cccc2sc(N(Cc3ccncc3)C(=O)CCCSc3ccc(Cl)cc3)nc12. The number of aromatic nitrogens is 2. The summed E-state index contributed by atoms with van der Waals surface area (Å²) in [5.41, 5.74) is 3.25. The van der Waals surface area contributed by atoms with E-state index in [1.807, 2.05) is 41.3 Å². The van der Waals surface area contributed by atoms with Gasteiger partial charge in [0.15, 0.2) is 5.13 Å². The molecular weight excluding hydrogens is 458 g/mol. The Bertz CT molecular complexity index is 1180. The molecule has 0 unspecified atom stereocenters. The van der Waals surface area contributed by atoms with Gasteiger partial charge in [-0.2, -0.15) is 0 Å². The fraction of sp³-hybridized carbons (Fsp3) is 0.240. The summed E-state index contributed by atoms with van der Waals surface area (Å²) in [6.07, 6.45) is 5.70. The number of fused-ring (bicyclic) bond motifs is 1. The largest absolute Gasteiger partial charge is 0.284 e. The van der Waals surface area contributed by atoms with Crippen LogP contribution in [0.2, 0.25) is 5.02 Å². The molecule has 0 N–H and O–H groups in total. The Labute approximate surface area is 201 Å². The number of pyridine rings is 1. The van der Waals surface area contributed by atoms with Crippen LogP contribution >= 0.6 is 34.7 Å². The molecule has 0 aliphatic rings. The zero-order valence-electron chi connectivity index (χ0n) is 17.8. The normalized spacial score (nSPS) is 11.1. The average Bonchev–Trinajstić information content (AvgIpc) is 3.26. The lowest BCUT2D eigenvalue weighted by atomic mass is 10.1. The molecule has 1 amide bonds. The highest BCUT2D eigenvalue weighted by molar-refractivity contribution is 7.99. The first-order valence-electron chi connectivity index (χ1n) is 10.6. The molecule has 32 heavy (non-hydrogen) atoms. The number of halogens is 1. The Balaban J connectivity index is 1.48. The first kappa shape index (κ1) is 22.8. The quantitative estimate of drug-likeness (QED) is 0.190. The number of nitrogens with zero attached hydrogens (tertiary/aromatic N) is 3. The highest BCUT2D eigenvalue weighted by Crippen LogP contribution is 2.32. The van der Waals surface area contributed by atoms with E-state index < -0.39 is 0 Å². The third-order valence-corrected chi connectivity index (χ3v) is 7.51. The van der Waals surface area contributed by atoms with Crippen molar-refractivity contribution < 1.29 is 4.79 Å². The Morgan fingerprint density at radius 1 is 1.09 bits per heavy atom. The van der Waals surface area contributed by atoms with Crippen molar-refractivity contribution in [2.45, 2.75) is 37.6 Å². The third kappa shape index (κ3) is 5.68. The molecule has 4 rings (SSSR count). The van der Waals surface area contributed by atoms with Crippen LogP contribution in [0, 0.1) is 0 Å². The standard InChI is InChI=1S/C25H24ClN3OS2/c1-2-19-5-3-6-22-24(19)28-25(32-22)29(17-18-12-14-27-15-13-18)23(30)7-4-16-31-21-10-8-20(26)9-11-21/h3,5-6,8-15H,2,4,7,16-17H2,1H3. The smallest absolute Gasteiger partial charge is 0.229 e. The van der Waals surface area contributed by atoms with Crippen molar-refractivity contribution in [1.82, 2.24) is 9.97 Å². The summed E-state index contributed by atoms with van der Waals surface area (Å²) in [6.45, 7) is 2.62. The minimum atomic E-state index is 0.0932. The Hall–Kier alpha value is -2.41. The molecule has 164 valence electrons. The molecule has 4 nitrogen and oxygen atoms in total. The van der Waals surface area contributed by atoms with Crippen LogP contribution < -0.4 is 4.90 Å². The van der Waals surface area contributed by atoms with Gasteiger partial charge in [-0.05, 0) is 72.2 Å². The maximum atomic E-state index is 13.3. The topological polar surface area (TPSA) is 46.1 Å². The lowest BCUT2D eigenvalue weighted by Gasteiger charge is -2.20. The second kappa shape index (κ2) is 10.9. The van der Waals surface area contributed by atoms with E-state index in [9.17, 15) is 4.79 Å². The number of para-hydroxylation sites is 1. The molecule has 0 atom stereocenters. The van der Waals surface area contributed by atoms with Crippen LogP contribution in [0.25, 0.3) is 10.2 Å². The number of hydrogen-bond acceptors (Lipinski definition) is 5. The Morgan fingerprint density at radius 2 is 1.88 bits per heavy atom. The van der Waals surface area contributed by atoms with Gasteiger partial charge < -0.3 is 0 Å². The van der Waals surface area contributed by atoms with Gasteiger partial charge >= 0.3 is 0 Å². The molecule has 0 aliphatic carbocycles. The fourth-order valence-corrected chi connectivity index (χ4v) is 5.42. The van der Waals surface area contributed by atoms with Gasteiger partial charge in [0.1, 0.15) is 0 Å². The number of rotatable bonds is 9. The van der Waals surface area contributed by atoms with Crippen LogP contribution in [0.3, 0.4) is 0 Å². The molecule has 4 aromatic rings. The van der Waals surface area contributed by atoms with Gasteiger partial charge in [0.2, 0.25) is 5.91 Å². The zero-order chi connectivity index (χ0) is 22.3. The van der Waals surface area contributed by atoms with Crippen molar-refractivity contribution in [3.8, 4) is 0 Å². The number of carbonyl (C=O) groups excluding carboxylic acids is 1. The number of aryl methyl sites for hydroxylation is 1. The average molecular weight is 482 g/mol. The van der Waals surface area contributed by atoms with Crippen LogP contribution in [-0.4, -0.2) is 21.6 Å². The highest BCUT2D eigenvalue weighted by atomic mass is 35.5. The molecule has 0 fully saturated rings. The second-order valence-electron chi connectivity index (χ2n) is 7.36. The van der Waals surface area contributed by atoms with Crippen LogP contribution in [0.5, 0.6) is 0 Å². The summed E-state index contributed by atoms with van der Waals surface area (Å²) in [5.74, 6) is 0.964. The molecule has 0 aliphatic heterocycles. The summed E-state index contributed by atoms with van der Waals surface area (Å²) in [5, 5.41) is 1.49. The van der Waals surface area contributed by atoms with Crippen molar-refractivity contribution in [3.05, 3.63) is 83.1 Å². The molecule has 7 heteroatoms. The minimum absolute atomic E-state index is 0.0932. The molecule has 2 aromatic heterocycles. The van der Waals surface area contributed by atoms with Crippen molar-refractivity contribution in [3.63, 3.8) is 0 Å². The van der Waals surface area contributed by atoms with E-state index in [-0.39, 0.29) is 5.91 Å². The molecule has 0 saturated heterocycles. The lowest BCUT2D eigenvalue weighted by molar-refractivity contribution is -0.118. The number of amides is 1. The highest BCUT2D eigenvalue weighted by Gasteiger charge is 2.20. The predicted octanol–water partition coefficient (Wildman–Crippen LogP) is 7.01. The Morgan fingerprint density at radius 3 is 2.62 bits per heavy atom. The van der Waals surface area contributed by atoms with E-state index in [0.29, 0.717) is 13.0 Å². The lowest BCUT2D eigenvalue weighted by Crippen LogP contribution is -2.30. The van der Waals surface area contributed by atoms with E-state index in [4.69, 9.17) is 16.6 Å². The van der Waals surface area contributed by atoms with E-state index >= 15 is 0 Å². The van der Waals surface area contributed by atoms with Crippen LogP contribution in [0.1, 0.15) is 30.9 Å². The number of thioether (sulfide) groups is 1. The minimum Gasteiger partial charge on any atom is -0.284 e. The third-order valence-electron chi connectivity index (χ3n) is 5.11. The number of anilines is 1. The predicted molar refractivity (Wildman–Crippen MR) is 136 cm³/mol. The zero-order valence-corrected chi connectivity index (χ0v) is 20.2. The van der Waals surface area contributed by atoms with Gasteiger partial charge in [-0.15, -0.1) is 11.8 Å². The summed E-state index contributed by atoms with van der Waals surface area (Å²) in [6, 6.07) is 17.9. The number of benzene rings is 2. The summed E-state index contributed by atoms with van der Waals surface area (Å²) in [4.78, 5) is 25.2. The number of carbonyl (C=O) groups is 1. The maximum Gasteiger partial charge on any atom is 0.229 e. The molecule has 0 spiro atoms. The number of hydrogen-bond donors (Lipinski definition) is 0.